The predicted octanol–water partition coefficient (Wildman–Crippen LogP) is 2.20. The van der Waals surface area contributed by atoms with Crippen molar-refractivity contribution in [2.45, 2.75) is 30.2 Å². The highest BCUT2D eigenvalue weighted by Gasteiger charge is 2.30. The lowest BCUT2D eigenvalue weighted by atomic mass is 10.4. The van der Waals surface area contributed by atoms with E-state index in [-0.39, 0.29) is 11.4 Å². The molecule has 0 saturated heterocycles. The second-order valence-electron chi connectivity index (χ2n) is 5.30. The molecule has 1 fully saturated rings. The zero-order valence-corrected chi connectivity index (χ0v) is 14.2. The van der Waals surface area contributed by atoms with Crippen LogP contribution in [0.1, 0.15) is 29.6 Å². The van der Waals surface area contributed by atoms with Crippen LogP contribution >= 0.6 is 22.9 Å². The van der Waals surface area contributed by atoms with Crippen LogP contribution in [0.4, 0.5) is 0 Å². The summed E-state index contributed by atoms with van der Waals surface area (Å²) >= 11 is 7.11. The molecule has 0 radical (unpaired) electrons. The van der Waals surface area contributed by atoms with Crippen LogP contribution in [0.5, 0.6) is 0 Å². The van der Waals surface area contributed by atoms with E-state index in [4.69, 9.17) is 11.6 Å². The highest BCUT2D eigenvalue weighted by Crippen LogP contribution is 2.39. The van der Waals surface area contributed by atoms with Gasteiger partial charge in [-0.1, -0.05) is 22.9 Å². The third kappa shape index (κ3) is 2.97. The van der Waals surface area contributed by atoms with Gasteiger partial charge in [0, 0.05) is 10.9 Å². The van der Waals surface area contributed by atoms with Crippen molar-refractivity contribution in [1.29, 1.82) is 0 Å². The van der Waals surface area contributed by atoms with Crippen LogP contribution in [0, 0.1) is 0 Å². The number of fused-ring (bicyclic) bond motifs is 1. The smallest absolute Gasteiger partial charge is 0.207 e. The highest BCUT2D eigenvalue weighted by atomic mass is 35.5. The first-order valence-corrected chi connectivity index (χ1v) is 9.67. The lowest BCUT2D eigenvalue weighted by molar-refractivity contribution is 0.580. The van der Waals surface area contributed by atoms with Crippen molar-refractivity contribution >= 4 is 37.9 Å². The summed E-state index contributed by atoms with van der Waals surface area (Å²) in [6.07, 6.45) is 2.22. The van der Waals surface area contributed by atoms with Gasteiger partial charge in [-0.2, -0.15) is 9.61 Å². The van der Waals surface area contributed by atoms with Crippen molar-refractivity contribution in [2.75, 3.05) is 0 Å². The minimum absolute atomic E-state index is 0.114. The number of aromatic nitrogens is 4. The van der Waals surface area contributed by atoms with Crippen molar-refractivity contribution < 1.29 is 8.42 Å². The summed E-state index contributed by atoms with van der Waals surface area (Å²) in [6.45, 7) is 0.114. The first-order valence-electron chi connectivity index (χ1n) is 6.99. The lowest BCUT2D eigenvalue weighted by Crippen LogP contribution is -2.23. The van der Waals surface area contributed by atoms with Gasteiger partial charge < -0.3 is 0 Å². The van der Waals surface area contributed by atoms with E-state index in [9.17, 15) is 8.42 Å². The van der Waals surface area contributed by atoms with Crippen LogP contribution < -0.4 is 4.72 Å². The average molecular weight is 370 g/mol. The molecule has 0 amide bonds. The molecule has 10 heteroatoms. The second-order valence-corrected chi connectivity index (χ2v) is 8.55. The molecule has 120 valence electrons. The summed E-state index contributed by atoms with van der Waals surface area (Å²) in [4.78, 5) is 0.858. The molecule has 1 N–H and O–H groups in total. The van der Waals surface area contributed by atoms with Gasteiger partial charge in [-0.3, -0.25) is 0 Å². The Morgan fingerprint density at radius 1 is 1.26 bits per heavy atom. The quantitative estimate of drug-likeness (QED) is 0.744. The number of benzene rings is 1. The Morgan fingerprint density at radius 3 is 2.70 bits per heavy atom. The molecule has 0 unspecified atom stereocenters. The van der Waals surface area contributed by atoms with Crippen LogP contribution in [0.3, 0.4) is 0 Å². The average Bonchev–Trinajstić information content (AvgIpc) is 3.16. The molecule has 2 aromatic heterocycles. The third-order valence-corrected chi connectivity index (χ3v) is 6.10. The first-order chi connectivity index (χ1) is 11.0. The molecular formula is C13H12ClN5O2S2. The van der Waals surface area contributed by atoms with Gasteiger partial charge in [-0.15, -0.1) is 10.2 Å². The van der Waals surface area contributed by atoms with Gasteiger partial charge in [0.15, 0.2) is 5.82 Å². The molecule has 1 aliphatic rings. The van der Waals surface area contributed by atoms with E-state index in [1.54, 1.807) is 16.6 Å². The second kappa shape index (κ2) is 5.52. The molecular weight excluding hydrogens is 358 g/mol. The number of sulfonamides is 1. The minimum Gasteiger partial charge on any atom is -0.207 e. The summed E-state index contributed by atoms with van der Waals surface area (Å²) < 4.78 is 28.7. The molecule has 4 rings (SSSR count). The zero-order chi connectivity index (χ0) is 16.0. The zero-order valence-electron chi connectivity index (χ0n) is 11.8. The fourth-order valence-corrected chi connectivity index (χ4v) is 4.18. The largest absolute Gasteiger partial charge is 0.240 e. The molecule has 7 nitrogen and oxygen atoms in total. The summed E-state index contributed by atoms with van der Waals surface area (Å²) in [6, 6.07) is 6.02. The predicted molar refractivity (Wildman–Crippen MR) is 86.1 cm³/mol. The number of nitrogens with zero attached hydrogens (tertiary/aromatic N) is 4. The maximum atomic E-state index is 12.2. The van der Waals surface area contributed by atoms with Crippen molar-refractivity contribution in [3.8, 4) is 0 Å². The topological polar surface area (TPSA) is 89.2 Å². The van der Waals surface area contributed by atoms with Crippen LogP contribution in [0.25, 0.3) is 4.96 Å². The number of hydrogen-bond donors (Lipinski definition) is 1. The van der Waals surface area contributed by atoms with E-state index in [1.807, 2.05) is 0 Å². The monoisotopic (exact) mass is 369 g/mol. The summed E-state index contributed by atoms with van der Waals surface area (Å²) in [7, 11) is -3.60. The summed E-state index contributed by atoms with van der Waals surface area (Å²) in [5, 5.41) is 13.8. The molecule has 0 aliphatic heterocycles. The van der Waals surface area contributed by atoms with Gasteiger partial charge >= 0.3 is 0 Å². The number of rotatable bonds is 5. The van der Waals surface area contributed by atoms with E-state index < -0.39 is 10.0 Å². The van der Waals surface area contributed by atoms with Crippen LogP contribution in [-0.4, -0.2) is 28.2 Å². The van der Waals surface area contributed by atoms with E-state index in [0.29, 0.717) is 20.9 Å². The minimum atomic E-state index is -3.60. The van der Waals surface area contributed by atoms with E-state index in [1.165, 1.54) is 23.5 Å². The Hall–Kier alpha value is -1.55. The first kappa shape index (κ1) is 15.0. The van der Waals surface area contributed by atoms with Gasteiger partial charge in [-0.05, 0) is 37.1 Å². The maximum absolute atomic E-state index is 12.2. The SMILES string of the molecule is O=S(=O)(NCc1nn2c(C3CC3)nnc2s1)c1ccc(Cl)cc1. The van der Waals surface area contributed by atoms with Crippen molar-refractivity contribution in [1.82, 2.24) is 24.5 Å². The Bertz CT molecular complexity index is 960. The maximum Gasteiger partial charge on any atom is 0.240 e. The molecule has 3 aromatic rings. The number of halogens is 1. The van der Waals surface area contributed by atoms with Gasteiger partial charge in [0.25, 0.3) is 0 Å². The van der Waals surface area contributed by atoms with Gasteiger partial charge in [-0.25, -0.2) is 13.1 Å². The molecule has 1 aliphatic carbocycles. The Balaban J connectivity index is 1.53. The van der Waals surface area contributed by atoms with Crippen LogP contribution in [0.15, 0.2) is 29.2 Å². The van der Waals surface area contributed by atoms with Gasteiger partial charge in [0.2, 0.25) is 15.0 Å². The summed E-state index contributed by atoms with van der Waals surface area (Å²) in [5.74, 6) is 1.30. The fraction of sp³-hybridized carbons (Fsp3) is 0.308. The van der Waals surface area contributed by atoms with E-state index in [0.717, 1.165) is 18.7 Å². The van der Waals surface area contributed by atoms with Gasteiger partial charge in [0.1, 0.15) is 5.01 Å². The van der Waals surface area contributed by atoms with Crippen LogP contribution in [-0.2, 0) is 16.6 Å². The Morgan fingerprint density at radius 2 is 2.00 bits per heavy atom. The molecule has 1 saturated carbocycles. The molecule has 0 atom stereocenters. The Kier molecular flexibility index (Phi) is 3.60. The summed E-state index contributed by atoms with van der Waals surface area (Å²) in [5.41, 5.74) is 0. The molecule has 0 bridgehead atoms. The van der Waals surface area contributed by atoms with Gasteiger partial charge in [0.05, 0.1) is 11.4 Å². The molecule has 2 heterocycles. The number of hydrogen-bond acceptors (Lipinski definition) is 6. The molecule has 1 aromatic carbocycles. The number of nitrogens with one attached hydrogen (secondary N) is 1. The third-order valence-electron chi connectivity index (χ3n) is 3.54. The standard InChI is InChI=1S/C13H12ClN5O2S2/c14-9-3-5-10(6-4-9)23(20,21)15-7-11-18-19-12(8-1-2-8)16-17-13(19)22-11/h3-6,8,15H,1-2,7H2. The Labute approximate surface area is 141 Å². The highest BCUT2D eigenvalue weighted by molar-refractivity contribution is 7.89. The van der Waals surface area contributed by atoms with E-state index in [2.05, 4.69) is 20.0 Å². The fourth-order valence-electron chi connectivity index (χ4n) is 2.19. The molecule has 0 spiro atoms. The van der Waals surface area contributed by atoms with Crippen LogP contribution in [0.2, 0.25) is 5.02 Å². The molecule has 23 heavy (non-hydrogen) atoms. The van der Waals surface area contributed by atoms with E-state index >= 15 is 0 Å². The van der Waals surface area contributed by atoms with Crippen molar-refractivity contribution in [2.24, 2.45) is 0 Å². The lowest BCUT2D eigenvalue weighted by Gasteiger charge is -2.04. The van der Waals surface area contributed by atoms with Crippen molar-refractivity contribution in [3.05, 3.63) is 40.1 Å². The normalized spacial score (nSPS) is 15.3. The van der Waals surface area contributed by atoms with Crippen molar-refractivity contribution in [3.63, 3.8) is 0 Å².